The molecule has 0 aliphatic rings. The molecule has 6 nitrogen and oxygen atoms in total. The fraction of sp³-hybridized carbons (Fsp3) is 0.345. The van der Waals surface area contributed by atoms with Gasteiger partial charge in [0.05, 0.1) is 19.1 Å². The first-order chi connectivity index (χ1) is 16.6. The number of β-amino-alcohol motifs (C(OH)–C–C–N with tert-alkyl or cyclic N) is 1. The van der Waals surface area contributed by atoms with Gasteiger partial charge in [-0.3, -0.25) is 4.79 Å². The minimum atomic E-state index is -0.768. The SMILES string of the molecule is Cc1ccc(CC(=O)NCc2cccc(CC(C)(C)NC[C@H](O)c3ccc(O)c(CO)c3)c2)cc1. The largest absolute Gasteiger partial charge is 0.508 e. The van der Waals surface area contributed by atoms with Crippen LogP contribution in [0.2, 0.25) is 0 Å². The van der Waals surface area contributed by atoms with Crippen LogP contribution in [0.15, 0.2) is 66.7 Å². The summed E-state index contributed by atoms with van der Waals surface area (Å²) in [5, 5.41) is 36.1. The number of aliphatic hydroxyl groups is 2. The molecular weight excluding hydrogens is 440 g/mol. The number of benzene rings is 3. The number of carbonyl (C=O) groups excluding carboxylic acids is 1. The Balaban J connectivity index is 1.51. The monoisotopic (exact) mass is 476 g/mol. The Kier molecular flexibility index (Phi) is 9.04. The van der Waals surface area contributed by atoms with Crippen LogP contribution in [-0.2, 0) is 30.8 Å². The van der Waals surface area contributed by atoms with Gasteiger partial charge in [0.1, 0.15) is 5.75 Å². The zero-order valence-electron chi connectivity index (χ0n) is 20.7. The van der Waals surface area contributed by atoms with E-state index in [1.54, 1.807) is 12.1 Å². The maximum Gasteiger partial charge on any atom is 0.224 e. The molecule has 3 aromatic rings. The van der Waals surface area contributed by atoms with Gasteiger partial charge >= 0.3 is 0 Å². The van der Waals surface area contributed by atoms with E-state index in [1.165, 1.54) is 11.6 Å². The number of nitrogens with one attached hydrogen (secondary N) is 2. The third-order valence-electron chi connectivity index (χ3n) is 6.05. The van der Waals surface area contributed by atoms with E-state index < -0.39 is 6.10 Å². The summed E-state index contributed by atoms with van der Waals surface area (Å²) in [5.41, 5.74) is 5.09. The molecule has 0 radical (unpaired) electrons. The number of phenols is 1. The third-order valence-corrected chi connectivity index (χ3v) is 6.05. The second-order valence-electron chi connectivity index (χ2n) is 9.76. The predicted molar refractivity (Wildman–Crippen MR) is 138 cm³/mol. The molecule has 0 bridgehead atoms. The molecule has 3 aromatic carbocycles. The van der Waals surface area contributed by atoms with Crippen LogP contribution < -0.4 is 10.6 Å². The highest BCUT2D eigenvalue weighted by molar-refractivity contribution is 5.78. The van der Waals surface area contributed by atoms with Crippen molar-refractivity contribution in [3.8, 4) is 5.75 Å². The summed E-state index contributed by atoms with van der Waals surface area (Å²) in [6.45, 7) is 6.70. The summed E-state index contributed by atoms with van der Waals surface area (Å²) in [6.07, 6.45) is 0.331. The first-order valence-electron chi connectivity index (χ1n) is 11.9. The van der Waals surface area contributed by atoms with Gasteiger partial charge in [-0.05, 0) is 61.6 Å². The molecule has 0 aliphatic heterocycles. The zero-order valence-corrected chi connectivity index (χ0v) is 20.7. The number of amides is 1. The Morgan fingerprint density at radius 2 is 1.69 bits per heavy atom. The van der Waals surface area contributed by atoms with Gasteiger partial charge in [0.15, 0.2) is 0 Å². The standard InChI is InChI=1S/C29H36N2O4/c1-20-7-9-21(10-8-20)14-28(35)30-17-23-6-4-5-22(13-23)16-29(2,3)31-18-27(34)24-11-12-26(33)25(15-24)19-32/h4-13,15,27,31-34H,14,16-19H2,1-3H3,(H,30,35)/t27-/m0/s1. The Morgan fingerprint density at radius 3 is 2.40 bits per heavy atom. The van der Waals surface area contributed by atoms with Gasteiger partial charge in [0.25, 0.3) is 0 Å². The summed E-state index contributed by atoms with van der Waals surface area (Å²) in [6, 6.07) is 20.9. The first kappa shape index (κ1) is 26.4. The average Bonchev–Trinajstić information content (AvgIpc) is 2.83. The maximum atomic E-state index is 12.3. The second-order valence-corrected chi connectivity index (χ2v) is 9.76. The normalized spacial score (nSPS) is 12.4. The molecule has 0 saturated carbocycles. The molecule has 6 heteroatoms. The zero-order chi connectivity index (χ0) is 25.4. The molecule has 186 valence electrons. The summed E-state index contributed by atoms with van der Waals surface area (Å²) < 4.78 is 0. The van der Waals surface area contributed by atoms with Crippen LogP contribution in [0.3, 0.4) is 0 Å². The van der Waals surface area contributed by atoms with Crippen molar-refractivity contribution in [2.24, 2.45) is 0 Å². The topological polar surface area (TPSA) is 102 Å². The summed E-state index contributed by atoms with van der Waals surface area (Å²) >= 11 is 0. The lowest BCUT2D eigenvalue weighted by atomic mass is 9.93. The Morgan fingerprint density at radius 1 is 0.971 bits per heavy atom. The molecular formula is C29H36N2O4. The number of aromatic hydroxyl groups is 1. The molecule has 5 N–H and O–H groups in total. The van der Waals surface area contributed by atoms with Crippen molar-refractivity contribution < 1.29 is 20.1 Å². The Labute approximate surface area is 207 Å². The van der Waals surface area contributed by atoms with Crippen LogP contribution in [0.4, 0.5) is 0 Å². The van der Waals surface area contributed by atoms with E-state index in [0.717, 1.165) is 23.1 Å². The van der Waals surface area contributed by atoms with Crippen LogP contribution in [0.1, 0.15) is 53.3 Å². The molecule has 0 fully saturated rings. The maximum absolute atomic E-state index is 12.3. The van der Waals surface area contributed by atoms with Crippen molar-refractivity contribution in [1.29, 1.82) is 0 Å². The van der Waals surface area contributed by atoms with Crippen LogP contribution in [0, 0.1) is 6.92 Å². The van der Waals surface area contributed by atoms with Gasteiger partial charge in [-0.15, -0.1) is 0 Å². The Hall–Kier alpha value is -3.19. The fourth-order valence-electron chi connectivity index (χ4n) is 4.01. The molecule has 1 atom stereocenters. The number of rotatable bonds is 11. The first-order valence-corrected chi connectivity index (χ1v) is 11.9. The van der Waals surface area contributed by atoms with E-state index in [-0.39, 0.29) is 23.8 Å². The van der Waals surface area contributed by atoms with Gasteiger partial charge < -0.3 is 26.0 Å². The lowest BCUT2D eigenvalue weighted by Crippen LogP contribution is -2.43. The van der Waals surface area contributed by atoms with Crippen molar-refractivity contribution in [3.05, 3.63) is 100 Å². The number of hydrogen-bond acceptors (Lipinski definition) is 5. The van der Waals surface area contributed by atoms with Gasteiger partial charge in [-0.1, -0.05) is 60.2 Å². The fourth-order valence-corrected chi connectivity index (χ4v) is 4.01. The van der Waals surface area contributed by atoms with Crippen LogP contribution in [0.25, 0.3) is 0 Å². The van der Waals surface area contributed by atoms with Gasteiger partial charge in [0, 0.05) is 24.2 Å². The highest BCUT2D eigenvalue weighted by Gasteiger charge is 2.20. The number of aryl methyl sites for hydroxylation is 1. The van der Waals surface area contributed by atoms with Crippen LogP contribution in [-0.4, -0.2) is 33.3 Å². The minimum absolute atomic E-state index is 0.00572. The average molecular weight is 477 g/mol. The van der Waals surface area contributed by atoms with E-state index in [4.69, 9.17) is 0 Å². The van der Waals surface area contributed by atoms with Crippen LogP contribution >= 0.6 is 0 Å². The lowest BCUT2D eigenvalue weighted by Gasteiger charge is -2.28. The van der Waals surface area contributed by atoms with E-state index in [0.29, 0.717) is 30.6 Å². The van der Waals surface area contributed by atoms with E-state index in [1.807, 2.05) is 43.3 Å². The van der Waals surface area contributed by atoms with Gasteiger partial charge in [0.2, 0.25) is 5.91 Å². The molecule has 0 aliphatic carbocycles. The molecule has 0 heterocycles. The minimum Gasteiger partial charge on any atom is -0.508 e. The van der Waals surface area contributed by atoms with Crippen molar-refractivity contribution >= 4 is 5.91 Å². The van der Waals surface area contributed by atoms with E-state index in [2.05, 4.69) is 36.6 Å². The summed E-state index contributed by atoms with van der Waals surface area (Å²) in [5.74, 6) is 0.0109. The second kappa shape index (κ2) is 12.0. The quantitative estimate of drug-likeness (QED) is 0.291. The molecule has 3 rings (SSSR count). The highest BCUT2D eigenvalue weighted by Crippen LogP contribution is 2.23. The molecule has 0 spiro atoms. The summed E-state index contributed by atoms with van der Waals surface area (Å²) in [7, 11) is 0. The van der Waals surface area contributed by atoms with Crippen molar-refractivity contribution in [2.45, 2.75) is 58.4 Å². The smallest absolute Gasteiger partial charge is 0.224 e. The van der Waals surface area contributed by atoms with Gasteiger partial charge in [-0.2, -0.15) is 0 Å². The number of aliphatic hydroxyl groups excluding tert-OH is 2. The van der Waals surface area contributed by atoms with Crippen molar-refractivity contribution in [2.75, 3.05) is 6.54 Å². The molecule has 0 aromatic heterocycles. The Bertz CT molecular complexity index is 1130. The molecule has 0 saturated heterocycles. The molecule has 1 amide bonds. The van der Waals surface area contributed by atoms with Crippen LogP contribution in [0.5, 0.6) is 5.75 Å². The molecule has 35 heavy (non-hydrogen) atoms. The highest BCUT2D eigenvalue weighted by atomic mass is 16.3. The van der Waals surface area contributed by atoms with E-state index in [9.17, 15) is 20.1 Å². The van der Waals surface area contributed by atoms with Gasteiger partial charge in [-0.25, -0.2) is 0 Å². The number of hydrogen-bond donors (Lipinski definition) is 5. The lowest BCUT2D eigenvalue weighted by molar-refractivity contribution is -0.120. The van der Waals surface area contributed by atoms with Crippen molar-refractivity contribution in [3.63, 3.8) is 0 Å². The third kappa shape index (κ3) is 8.21. The summed E-state index contributed by atoms with van der Waals surface area (Å²) in [4.78, 5) is 12.3. The number of carbonyl (C=O) groups is 1. The predicted octanol–water partition coefficient (Wildman–Crippen LogP) is 3.70. The molecule has 0 unspecified atom stereocenters. The van der Waals surface area contributed by atoms with Crippen molar-refractivity contribution in [1.82, 2.24) is 10.6 Å². The van der Waals surface area contributed by atoms with E-state index >= 15 is 0 Å².